The van der Waals surface area contributed by atoms with Crippen LogP contribution in [-0.4, -0.2) is 60.4 Å². The fraction of sp³-hybridized carbons (Fsp3) is 0.480. The average molecular weight is 492 g/mol. The molecule has 190 valence electrons. The number of nitriles is 1. The van der Waals surface area contributed by atoms with Gasteiger partial charge in [-0.25, -0.2) is 4.98 Å². The van der Waals surface area contributed by atoms with Crippen molar-refractivity contribution in [1.29, 1.82) is 5.26 Å². The maximum Gasteiger partial charge on any atom is 0.228 e. The zero-order valence-electron chi connectivity index (χ0n) is 20.9. The number of nitrogens with zero attached hydrogens (tertiary/aromatic N) is 6. The fourth-order valence-corrected chi connectivity index (χ4v) is 4.77. The standard InChI is InChI=1S/C25H33N9O2/c1-4-20-8-18(9-21(5-2)34(20)14-16-6-7-17(12-26)27-13-16)28-25-30-22(11-24(31-25)36-3)29-23-10-19(15-35)32-33-23/h6-7,10-11,13,18,20-21,35H,4-5,8-9,14-15H2,1-3H3,(H3,28,29,30,31,32,33)/t18-,20-,21+. The van der Waals surface area contributed by atoms with Gasteiger partial charge in [0.1, 0.15) is 17.6 Å². The third-order valence-electron chi connectivity index (χ3n) is 6.60. The number of likely N-dealkylation sites (tertiary alicyclic amines) is 1. The van der Waals surface area contributed by atoms with Gasteiger partial charge in [-0.15, -0.1) is 0 Å². The fourth-order valence-electron chi connectivity index (χ4n) is 4.77. The number of anilines is 3. The molecule has 0 aliphatic carbocycles. The van der Waals surface area contributed by atoms with Crippen molar-refractivity contribution in [2.45, 2.75) is 70.8 Å². The van der Waals surface area contributed by atoms with E-state index in [1.165, 1.54) is 0 Å². The van der Waals surface area contributed by atoms with E-state index in [9.17, 15) is 5.11 Å². The van der Waals surface area contributed by atoms with Gasteiger partial charge in [-0.05, 0) is 37.3 Å². The molecule has 1 aliphatic heterocycles. The molecular formula is C25H33N9O2. The Morgan fingerprint density at radius 1 is 1.17 bits per heavy atom. The largest absolute Gasteiger partial charge is 0.481 e. The molecule has 4 heterocycles. The van der Waals surface area contributed by atoms with Gasteiger partial charge in [-0.1, -0.05) is 19.9 Å². The quantitative estimate of drug-likeness (QED) is 0.333. The zero-order valence-corrected chi connectivity index (χ0v) is 20.9. The minimum atomic E-state index is -0.119. The van der Waals surface area contributed by atoms with Crippen LogP contribution in [0.1, 0.15) is 56.5 Å². The third kappa shape index (κ3) is 6.08. The number of hydrogen-bond donors (Lipinski definition) is 4. The molecular weight excluding hydrogens is 458 g/mol. The van der Waals surface area contributed by atoms with Gasteiger partial charge in [-0.3, -0.25) is 10.00 Å². The van der Waals surface area contributed by atoms with Crippen LogP contribution in [0.2, 0.25) is 0 Å². The molecule has 3 aromatic rings. The lowest BCUT2D eigenvalue weighted by Crippen LogP contribution is -2.51. The molecule has 3 aromatic heterocycles. The first-order valence-corrected chi connectivity index (χ1v) is 12.3. The highest BCUT2D eigenvalue weighted by Crippen LogP contribution is 2.31. The number of methoxy groups -OCH3 is 1. The summed E-state index contributed by atoms with van der Waals surface area (Å²) in [6.07, 6.45) is 5.77. The van der Waals surface area contributed by atoms with E-state index in [-0.39, 0.29) is 12.6 Å². The summed E-state index contributed by atoms with van der Waals surface area (Å²) in [5.74, 6) is 2.03. The van der Waals surface area contributed by atoms with Gasteiger partial charge in [0.15, 0.2) is 5.82 Å². The number of aromatic nitrogens is 5. The van der Waals surface area contributed by atoms with E-state index in [4.69, 9.17) is 10.00 Å². The number of H-pyrrole nitrogens is 1. The molecule has 1 aliphatic rings. The summed E-state index contributed by atoms with van der Waals surface area (Å²) in [7, 11) is 1.57. The maximum atomic E-state index is 9.26. The first-order chi connectivity index (χ1) is 17.5. The third-order valence-corrected chi connectivity index (χ3v) is 6.60. The summed E-state index contributed by atoms with van der Waals surface area (Å²) in [5, 5.41) is 31.9. The van der Waals surface area contributed by atoms with Crippen molar-refractivity contribution in [3.63, 3.8) is 0 Å². The highest BCUT2D eigenvalue weighted by molar-refractivity contribution is 5.55. The van der Waals surface area contributed by atoms with Crippen LogP contribution in [0.4, 0.5) is 17.6 Å². The normalized spacial score (nSPS) is 20.0. The van der Waals surface area contributed by atoms with Crippen LogP contribution in [0.25, 0.3) is 0 Å². The Hall–Kier alpha value is -3.75. The van der Waals surface area contributed by atoms with Gasteiger partial charge in [-0.2, -0.15) is 20.3 Å². The van der Waals surface area contributed by atoms with Gasteiger partial charge < -0.3 is 20.5 Å². The summed E-state index contributed by atoms with van der Waals surface area (Å²) in [4.78, 5) is 16.0. The summed E-state index contributed by atoms with van der Waals surface area (Å²) >= 11 is 0. The number of ether oxygens (including phenoxy) is 1. The second-order valence-electron chi connectivity index (χ2n) is 8.95. The Morgan fingerprint density at radius 3 is 2.53 bits per heavy atom. The molecule has 0 unspecified atom stereocenters. The van der Waals surface area contributed by atoms with Gasteiger partial charge >= 0.3 is 0 Å². The number of rotatable bonds is 10. The molecule has 0 radical (unpaired) electrons. The van der Waals surface area contributed by atoms with Gasteiger partial charge in [0.05, 0.1) is 19.4 Å². The number of pyridine rings is 1. The van der Waals surface area contributed by atoms with Crippen LogP contribution in [0.3, 0.4) is 0 Å². The number of hydrogen-bond acceptors (Lipinski definition) is 10. The van der Waals surface area contributed by atoms with Crippen LogP contribution in [0.5, 0.6) is 5.88 Å². The Kier molecular flexibility index (Phi) is 8.30. The molecule has 1 saturated heterocycles. The second-order valence-corrected chi connectivity index (χ2v) is 8.95. The van der Waals surface area contributed by atoms with Crippen LogP contribution in [0, 0.1) is 11.3 Å². The van der Waals surface area contributed by atoms with Crippen LogP contribution in [0.15, 0.2) is 30.5 Å². The minimum absolute atomic E-state index is 0.119. The van der Waals surface area contributed by atoms with Crippen molar-refractivity contribution in [3.8, 4) is 11.9 Å². The topological polar surface area (TPSA) is 148 Å². The van der Waals surface area contributed by atoms with Gasteiger partial charge in [0, 0.05) is 43.0 Å². The van der Waals surface area contributed by atoms with Crippen LogP contribution < -0.4 is 15.4 Å². The second kappa shape index (κ2) is 11.8. The lowest BCUT2D eigenvalue weighted by Gasteiger charge is -2.45. The SMILES string of the molecule is CC[C@@H]1C[C@@H](Nc2nc(Nc3cc(CO)[nH]n3)cc(OC)n2)C[C@H](CC)N1Cc1ccc(C#N)nc1. The molecule has 4 rings (SSSR count). The van der Waals surface area contributed by atoms with Crippen LogP contribution in [-0.2, 0) is 13.2 Å². The van der Waals surface area contributed by atoms with Crippen molar-refractivity contribution in [1.82, 2.24) is 30.0 Å². The van der Waals surface area contributed by atoms with Crippen molar-refractivity contribution >= 4 is 17.6 Å². The van der Waals surface area contributed by atoms with Crippen molar-refractivity contribution in [2.24, 2.45) is 0 Å². The average Bonchev–Trinajstić information content (AvgIpc) is 3.36. The molecule has 0 bridgehead atoms. The van der Waals surface area contributed by atoms with Crippen LogP contribution >= 0.6 is 0 Å². The molecule has 36 heavy (non-hydrogen) atoms. The summed E-state index contributed by atoms with van der Waals surface area (Å²) in [6, 6.07) is 10.3. The Labute approximate surface area is 211 Å². The highest BCUT2D eigenvalue weighted by Gasteiger charge is 2.34. The monoisotopic (exact) mass is 491 g/mol. The first-order valence-electron chi connectivity index (χ1n) is 12.3. The number of aromatic amines is 1. The highest BCUT2D eigenvalue weighted by atomic mass is 16.5. The maximum absolute atomic E-state index is 9.26. The molecule has 11 nitrogen and oxygen atoms in total. The summed E-state index contributed by atoms with van der Waals surface area (Å²) in [5.41, 5.74) is 2.16. The van der Waals surface area contributed by atoms with E-state index in [1.54, 1.807) is 25.3 Å². The molecule has 0 aromatic carbocycles. The minimum Gasteiger partial charge on any atom is -0.481 e. The number of aliphatic hydroxyl groups excluding tert-OH is 1. The van der Waals surface area contributed by atoms with Crippen molar-refractivity contribution < 1.29 is 9.84 Å². The number of aliphatic hydroxyl groups is 1. The summed E-state index contributed by atoms with van der Waals surface area (Å²) in [6.45, 7) is 5.13. The van der Waals surface area contributed by atoms with E-state index in [0.29, 0.717) is 46.9 Å². The zero-order chi connectivity index (χ0) is 25.5. The smallest absolute Gasteiger partial charge is 0.228 e. The molecule has 3 atom stereocenters. The van der Waals surface area contributed by atoms with Gasteiger partial charge in [0.2, 0.25) is 11.8 Å². The first kappa shape index (κ1) is 25.3. The molecule has 0 amide bonds. The Balaban J connectivity index is 1.47. The number of piperidine rings is 1. The lowest BCUT2D eigenvalue weighted by molar-refractivity contribution is 0.0631. The predicted octanol–water partition coefficient (Wildman–Crippen LogP) is 3.34. The predicted molar refractivity (Wildman–Crippen MR) is 136 cm³/mol. The molecule has 11 heteroatoms. The lowest BCUT2D eigenvalue weighted by atomic mass is 9.88. The van der Waals surface area contributed by atoms with E-state index >= 15 is 0 Å². The van der Waals surface area contributed by atoms with E-state index < -0.39 is 0 Å². The molecule has 0 spiro atoms. The van der Waals surface area contributed by atoms with Gasteiger partial charge in [0.25, 0.3) is 0 Å². The molecule has 4 N–H and O–H groups in total. The van der Waals surface area contributed by atoms with E-state index in [1.807, 2.05) is 12.3 Å². The Morgan fingerprint density at radius 2 is 1.94 bits per heavy atom. The summed E-state index contributed by atoms with van der Waals surface area (Å²) < 4.78 is 5.40. The molecule has 1 fully saturated rings. The van der Waals surface area contributed by atoms with E-state index in [0.717, 1.165) is 37.8 Å². The van der Waals surface area contributed by atoms with Crippen molar-refractivity contribution in [2.75, 3.05) is 17.7 Å². The molecule has 0 saturated carbocycles. The van der Waals surface area contributed by atoms with Crippen molar-refractivity contribution in [3.05, 3.63) is 47.4 Å². The Bertz CT molecular complexity index is 1160. The number of nitrogens with one attached hydrogen (secondary N) is 3. The van der Waals surface area contributed by atoms with E-state index in [2.05, 4.69) is 60.6 Å².